The minimum absolute atomic E-state index is 0.164. The molecular weight excluding hydrogens is 182 g/mol. The van der Waals surface area contributed by atoms with Crippen LogP contribution in [0.5, 0.6) is 0 Å². The van der Waals surface area contributed by atoms with Crippen LogP contribution in [0.2, 0.25) is 0 Å². The number of rotatable bonds is 0. The van der Waals surface area contributed by atoms with Crippen LogP contribution in [0.1, 0.15) is 26.3 Å². The molecule has 1 aromatic rings. The van der Waals surface area contributed by atoms with Crippen molar-refractivity contribution in [3.8, 4) is 11.8 Å². The van der Waals surface area contributed by atoms with E-state index in [0.717, 1.165) is 6.07 Å². The Balaban J connectivity index is 3.02. The van der Waals surface area contributed by atoms with Gasteiger partial charge in [0.05, 0.1) is 0 Å². The first-order valence-corrected chi connectivity index (χ1v) is 4.36. The molecule has 0 fully saturated rings. The van der Waals surface area contributed by atoms with Crippen molar-refractivity contribution in [1.29, 1.82) is 0 Å². The largest absolute Gasteiger partial charge is 0.207 e. The second-order valence-corrected chi connectivity index (χ2v) is 4.16. The first-order chi connectivity index (χ1) is 6.37. The SMILES string of the molecule is CC(C)(C)C#Cc1cc(F)cc(F)c1. The van der Waals surface area contributed by atoms with Crippen LogP contribution in [0.25, 0.3) is 0 Å². The van der Waals surface area contributed by atoms with Gasteiger partial charge in [0.25, 0.3) is 0 Å². The Kier molecular flexibility index (Phi) is 2.90. The van der Waals surface area contributed by atoms with Crippen molar-refractivity contribution in [3.05, 3.63) is 35.4 Å². The molecule has 1 rings (SSSR count). The van der Waals surface area contributed by atoms with Crippen LogP contribution in [0.3, 0.4) is 0 Å². The fourth-order valence-electron chi connectivity index (χ4n) is 0.886. The highest BCUT2D eigenvalue weighted by atomic mass is 19.1. The van der Waals surface area contributed by atoms with Crippen molar-refractivity contribution in [2.45, 2.75) is 20.8 Å². The van der Waals surface area contributed by atoms with Crippen LogP contribution in [-0.4, -0.2) is 0 Å². The summed E-state index contributed by atoms with van der Waals surface area (Å²) in [6.45, 7) is 5.82. The maximum absolute atomic E-state index is 12.7. The van der Waals surface area contributed by atoms with E-state index in [0.29, 0.717) is 5.56 Å². The van der Waals surface area contributed by atoms with Gasteiger partial charge in [0, 0.05) is 17.0 Å². The Labute approximate surface area is 83.0 Å². The summed E-state index contributed by atoms with van der Waals surface area (Å²) in [4.78, 5) is 0. The highest BCUT2D eigenvalue weighted by molar-refractivity contribution is 5.35. The van der Waals surface area contributed by atoms with Gasteiger partial charge in [-0.05, 0) is 32.9 Å². The number of halogens is 2. The summed E-state index contributed by atoms with van der Waals surface area (Å²) >= 11 is 0. The van der Waals surface area contributed by atoms with E-state index in [1.807, 2.05) is 20.8 Å². The lowest BCUT2D eigenvalue weighted by Crippen LogP contribution is -1.99. The molecule has 0 bridgehead atoms. The fourth-order valence-corrected chi connectivity index (χ4v) is 0.886. The van der Waals surface area contributed by atoms with Crippen LogP contribution in [0.4, 0.5) is 8.78 Å². The van der Waals surface area contributed by atoms with E-state index in [4.69, 9.17) is 0 Å². The molecule has 0 aliphatic carbocycles. The van der Waals surface area contributed by atoms with Crippen molar-refractivity contribution in [1.82, 2.24) is 0 Å². The van der Waals surface area contributed by atoms with E-state index in [1.54, 1.807) is 0 Å². The molecule has 0 radical (unpaired) electrons. The van der Waals surface area contributed by atoms with Gasteiger partial charge in [-0.15, -0.1) is 0 Å². The lowest BCUT2D eigenvalue weighted by molar-refractivity contribution is 0.570. The molecule has 0 nitrogen and oxygen atoms in total. The predicted octanol–water partition coefficient (Wildman–Crippen LogP) is 3.36. The second kappa shape index (κ2) is 3.79. The summed E-state index contributed by atoms with van der Waals surface area (Å²) < 4.78 is 25.5. The molecule has 0 aromatic heterocycles. The average Bonchev–Trinajstić information content (AvgIpc) is 1.97. The summed E-state index contributed by atoms with van der Waals surface area (Å²) in [6.07, 6.45) is 0. The van der Waals surface area contributed by atoms with Crippen molar-refractivity contribution in [2.24, 2.45) is 5.41 Å². The van der Waals surface area contributed by atoms with Gasteiger partial charge in [0.1, 0.15) is 11.6 Å². The van der Waals surface area contributed by atoms with Crippen LogP contribution < -0.4 is 0 Å². The van der Waals surface area contributed by atoms with Crippen molar-refractivity contribution < 1.29 is 8.78 Å². The summed E-state index contributed by atoms with van der Waals surface area (Å²) in [7, 11) is 0. The number of benzene rings is 1. The van der Waals surface area contributed by atoms with Crippen LogP contribution in [-0.2, 0) is 0 Å². The Morgan fingerprint density at radius 3 is 1.93 bits per heavy atom. The molecule has 0 saturated heterocycles. The van der Waals surface area contributed by atoms with Crippen LogP contribution in [0.15, 0.2) is 18.2 Å². The van der Waals surface area contributed by atoms with E-state index in [-0.39, 0.29) is 5.41 Å². The van der Waals surface area contributed by atoms with Gasteiger partial charge in [0.15, 0.2) is 0 Å². The van der Waals surface area contributed by atoms with Crippen molar-refractivity contribution >= 4 is 0 Å². The van der Waals surface area contributed by atoms with Gasteiger partial charge in [-0.3, -0.25) is 0 Å². The first kappa shape index (κ1) is 10.7. The first-order valence-electron chi connectivity index (χ1n) is 4.36. The van der Waals surface area contributed by atoms with Gasteiger partial charge in [-0.25, -0.2) is 8.78 Å². The van der Waals surface area contributed by atoms with Gasteiger partial charge >= 0.3 is 0 Å². The summed E-state index contributed by atoms with van der Waals surface area (Å²) in [6, 6.07) is 3.28. The Bertz CT molecular complexity index is 369. The van der Waals surface area contributed by atoms with E-state index in [2.05, 4.69) is 11.8 Å². The zero-order valence-corrected chi connectivity index (χ0v) is 8.49. The zero-order chi connectivity index (χ0) is 10.8. The van der Waals surface area contributed by atoms with E-state index < -0.39 is 11.6 Å². The number of hydrogen-bond acceptors (Lipinski definition) is 0. The molecule has 14 heavy (non-hydrogen) atoms. The molecular formula is C12H12F2. The van der Waals surface area contributed by atoms with Gasteiger partial charge < -0.3 is 0 Å². The molecule has 0 unspecified atom stereocenters. The van der Waals surface area contributed by atoms with E-state index in [9.17, 15) is 8.78 Å². The molecule has 74 valence electrons. The fraction of sp³-hybridized carbons (Fsp3) is 0.333. The lowest BCUT2D eigenvalue weighted by Gasteiger charge is -2.06. The molecule has 0 spiro atoms. The monoisotopic (exact) mass is 194 g/mol. The van der Waals surface area contributed by atoms with Gasteiger partial charge in [0.2, 0.25) is 0 Å². The highest BCUT2D eigenvalue weighted by Gasteiger charge is 2.04. The quantitative estimate of drug-likeness (QED) is 0.555. The maximum atomic E-state index is 12.7. The van der Waals surface area contributed by atoms with Crippen molar-refractivity contribution in [2.75, 3.05) is 0 Å². The van der Waals surface area contributed by atoms with E-state index in [1.165, 1.54) is 12.1 Å². The number of hydrogen-bond donors (Lipinski definition) is 0. The standard InChI is InChI=1S/C12H12F2/c1-12(2,3)5-4-9-6-10(13)8-11(14)7-9/h6-8H,1-3H3. The van der Waals surface area contributed by atoms with Crippen LogP contribution >= 0.6 is 0 Å². The average molecular weight is 194 g/mol. The van der Waals surface area contributed by atoms with Crippen molar-refractivity contribution in [3.63, 3.8) is 0 Å². The molecule has 0 heterocycles. The smallest absolute Gasteiger partial charge is 0.127 e. The van der Waals surface area contributed by atoms with Gasteiger partial charge in [-0.1, -0.05) is 11.8 Å². The molecule has 0 aliphatic heterocycles. The highest BCUT2D eigenvalue weighted by Crippen LogP contribution is 2.12. The third kappa shape index (κ3) is 3.57. The minimum Gasteiger partial charge on any atom is -0.207 e. The van der Waals surface area contributed by atoms with Crippen LogP contribution in [0, 0.1) is 28.9 Å². The molecule has 1 aromatic carbocycles. The third-order valence-electron chi connectivity index (χ3n) is 1.44. The predicted molar refractivity (Wildman–Crippen MR) is 52.7 cm³/mol. The van der Waals surface area contributed by atoms with E-state index >= 15 is 0 Å². The lowest BCUT2D eigenvalue weighted by atomic mass is 9.97. The third-order valence-corrected chi connectivity index (χ3v) is 1.44. The molecule has 0 saturated carbocycles. The summed E-state index contributed by atoms with van der Waals surface area (Å²) in [5.41, 5.74) is 0.209. The van der Waals surface area contributed by atoms with Gasteiger partial charge in [-0.2, -0.15) is 0 Å². The summed E-state index contributed by atoms with van der Waals surface area (Å²) in [5.74, 6) is 4.46. The molecule has 0 amide bonds. The molecule has 0 N–H and O–H groups in total. The Hall–Kier alpha value is -1.36. The minimum atomic E-state index is -0.594. The molecule has 0 atom stereocenters. The topological polar surface area (TPSA) is 0 Å². The Morgan fingerprint density at radius 1 is 1.00 bits per heavy atom. The normalized spacial score (nSPS) is 10.6. The molecule has 0 aliphatic rings. The summed E-state index contributed by atoms with van der Waals surface area (Å²) in [5, 5.41) is 0. The maximum Gasteiger partial charge on any atom is 0.127 e. The zero-order valence-electron chi connectivity index (χ0n) is 8.49. The molecule has 2 heteroatoms. The second-order valence-electron chi connectivity index (χ2n) is 4.16. The Morgan fingerprint density at radius 2 is 1.50 bits per heavy atom.